The lowest BCUT2D eigenvalue weighted by Gasteiger charge is -2.10. The molecule has 10 rings (SSSR count). The third kappa shape index (κ3) is 3.49. The second-order valence-electron chi connectivity index (χ2n) is 11.4. The summed E-state index contributed by atoms with van der Waals surface area (Å²) in [6.45, 7) is 0. The molecule has 0 amide bonds. The Morgan fingerprint density at radius 3 is 1.96 bits per heavy atom. The Hall–Kier alpha value is -6.20. The zero-order chi connectivity index (χ0) is 29.5. The maximum absolute atomic E-state index is 6.38. The van der Waals surface area contributed by atoms with Gasteiger partial charge in [-0.05, 0) is 48.5 Å². The molecule has 0 unspecified atom stereocenters. The Bertz CT molecular complexity index is 2750. The first-order valence-electron chi connectivity index (χ1n) is 15.0. The number of fused-ring (bicyclic) bond motifs is 10. The lowest BCUT2D eigenvalue weighted by atomic mass is 10.1. The van der Waals surface area contributed by atoms with E-state index in [1.54, 1.807) is 0 Å². The van der Waals surface area contributed by atoms with Crippen molar-refractivity contribution in [2.75, 3.05) is 0 Å². The van der Waals surface area contributed by atoms with E-state index in [9.17, 15) is 0 Å². The minimum atomic E-state index is 0.674. The molecule has 6 aromatic carbocycles. The third-order valence-corrected chi connectivity index (χ3v) is 8.83. The number of hydrogen-bond donors (Lipinski definition) is 0. The first-order chi connectivity index (χ1) is 22.3. The van der Waals surface area contributed by atoms with Crippen LogP contribution in [0.3, 0.4) is 0 Å². The van der Waals surface area contributed by atoms with Gasteiger partial charge in [0.2, 0.25) is 0 Å². The van der Waals surface area contributed by atoms with Crippen molar-refractivity contribution in [3.63, 3.8) is 0 Å². The second-order valence-corrected chi connectivity index (χ2v) is 11.4. The molecule has 4 heterocycles. The van der Waals surface area contributed by atoms with Gasteiger partial charge in [-0.1, -0.05) is 91.0 Å². The van der Waals surface area contributed by atoms with Crippen LogP contribution in [0.4, 0.5) is 0 Å². The van der Waals surface area contributed by atoms with Crippen molar-refractivity contribution >= 4 is 65.8 Å². The van der Waals surface area contributed by atoms with Crippen LogP contribution in [0.25, 0.3) is 94.1 Å². The minimum Gasteiger partial charge on any atom is -0.456 e. The molecule has 0 saturated carbocycles. The summed E-state index contributed by atoms with van der Waals surface area (Å²) >= 11 is 0. The molecule has 0 bridgehead atoms. The maximum atomic E-state index is 6.38. The first kappa shape index (κ1) is 24.3. The summed E-state index contributed by atoms with van der Waals surface area (Å²) in [5, 5.41) is 5.65. The summed E-state index contributed by atoms with van der Waals surface area (Å²) < 4.78 is 15.0. The van der Waals surface area contributed by atoms with Crippen LogP contribution >= 0.6 is 0 Å². The van der Waals surface area contributed by atoms with Crippen LogP contribution in [0.1, 0.15) is 0 Å². The smallest absolute Gasteiger partial charge is 0.180 e. The zero-order valence-corrected chi connectivity index (χ0v) is 23.9. The summed E-state index contributed by atoms with van der Waals surface area (Å²) in [6.07, 6.45) is 0. The molecule has 5 heteroatoms. The molecular formula is C40H23N3O2. The van der Waals surface area contributed by atoms with Crippen LogP contribution < -0.4 is 0 Å². The highest BCUT2D eigenvalue weighted by molar-refractivity contribution is 6.27. The topological polar surface area (TPSA) is 57.0 Å². The normalized spacial score (nSPS) is 12.0. The van der Waals surface area contributed by atoms with E-state index in [1.807, 2.05) is 60.7 Å². The van der Waals surface area contributed by atoms with Crippen molar-refractivity contribution in [3.8, 4) is 28.3 Å². The van der Waals surface area contributed by atoms with E-state index in [1.165, 1.54) is 10.8 Å². The summed E-state index contributed by atoms with van der Waals surface area (Å²) in [4.78, 5) is 10.0. The molecule has 10 aromatic rings. The van der Waals surface area contributed by atoms with Gasteiger partial charge in [0.15, 0.2) is 11.4 Å². The fourth-order valence-corrected chi connectivity index (χ4v) is 6.82. The Balaban J connectivity index is 1.20. The van der Waals surface area contributed by atoms with Crippen LogP contribution in [0.5, 0.6) is 0 Å². The molecule has 0 saturated heterocycles. The molecular weight excluding hydrogens is 554 g/mol. The zero-order valence-electron chi connectivity index (χ0n) is 23.9. The molecule has 0 aliphatic heterocycles. The monoisotopic (exact) mass is 577 g/mol. The first-order valence-corrected chi connectivity index (χ1v) is 15.0. The van der Waals surface area contributed by atoms with Gasteiger partial charge in [0, 0.05) is 43.7 Å². The molecule has 45 heavy (non-hydrogen) atoms. The van der Waals surface area contributed by atoms with E-state index in [4.69, 9.17) is 18.8 Å². The molecule has 5 nitrogen and oxygen atoms in total. The van der Waals surface area contributed by atoms with Gasteiger partial charge in [-0.3, -0.25) is 0 Å². The van der Waals surface area contributed by atoms with Crippen LogP contribution in [-0.2, 0) is 0 Å². The molecule has 210 valence electrons. The number of para-hydroxylation sites is 3. The van der Waals surface area contributed by atoms with Crippen molar-refractivity contribution in [2.45, 2.75) is 0 Å². The van der Waals surface area contributed by atoms with Gasteiger partial charge in [0.1, 0.15) is 28.0 Å². The van der Waals surface area contributed by atoms with E-state index in [2.05, 4.69) is 83.4 Å². The Morgan fingerprint density at radius 1 is 0.444 bits per heavy atom. The van der Waals surface area contributed by atoms with Gasteiger partial charge in [-0.15, -0.1) is 0 Å². The van der Waals surface area contributed by atoms with Gasteiger partial charge in [0.05, 0.1) is 11.0 Å². The number of furan rings is 2. The maximum Gasteiger partial charge on any atom is 0.180 e. The summed E-state index contributed by atoms with van der Waals surface area (Å²) in [5.41, 5.74) is 10.2. The fraction of sp³-hybridized carbons (Fsp3) is 0. The van der Waals surface area contributed by atoms with E-state index in [0.717, 1.165) is 72.0 Å². The summed E-state index contributed by atoms with van der Waals surface area (Å²) in [6, 6.07) is 47.9. The molecule has 0 atom stereocenters. The summed E-state index contributed by atoms with van der Waals surface area (Å²) in [7, 11) is 0. The average Bonchev–Trinajstić information content (AvgIpc) is 3.78. The quantitative estimate of drug-likeness (QED) is 0.210. The number of aromatic nitrogens is 3. The van der Waals surface area contributed by atoms with Gasteiger partial charge < -0.3 is 13.4 Å². The highest BCUT2D eigenvalue weighted by Crippen LogP contribution is 2.41. The molecule has 0 radical (unpaired) electrons. The van der Waals surface area contributed by atoms with Crippen molar-refractivity contribution in [1.82, 2.24) is 14.5 Å². The van der Waals surface area contributed by atoms with Crippen molar-refractivity contribution in [2.24, 2.45) is 0 Å². The third-order valence-electron chi connectivity index (χ3n) is 8.83. The second kappa shape index (κ2) is 9.15. The number of rotatable bonds is 3. The van der Waals surface area contributed by atoms with Crippen molar-refractivity contribution in [1.29, 1.82) is 0 Å². The molecule has 0 fully saturated rings. The van der Waals surface area contributed by atoms with Gasteiger partial charge >= 0.3 is 0 Å². The number of benzene rings is 6. The Labute approximate surface area is 256 Å². The van der Waals surface area contributed by atoms with E-state index in [0.29, 0.717) is 11.4 Å². The van der Waals surface area contributed by atoms with Gasteiger partial charge in [0.25, 0.3) is 0 Å². The fourth-order valence-electron chi connectivity index (χ4n) is 6.82. The number of nitrogens with zero attached hydrogens (tertiary/aromatic N) is 3. The highest BCUT2D eigenvalue weighted by atomic mass is 16.3. The van der Waals surface area contributed by atoms with Crippen LogP contribution in [-0.4, -0.2) is 14.5 Å². The lowest BCUT2D eigenvalue weighted by molar-refractivity contribution is 0.667. The van der Waals surface area contributed by atoms with Crippen LogP contribution in [0.15, 0.2) is 148 Å². The summed E-state index contributed by atoms with van der Waals surface area (Å²) in [5.74, 6) is 0.674. The molecule has 0 aliphatic carbocycles. The van der Waals surface area contributed by atoms with Crippen LogP contribution in [0.2, 0.25) is 0 Å². The predicted octanol–water partition coefficient (Wildman–Crippen LogP) is 10.7. The predicted molar refractivity (Wildman–Crippen MR) is 182 cm³/mol. The van der Waals surface area contributed by atoms with E-state index in [-0.39, 0.29) is 0 Å². The molecule has 4 aromatic heterocycles. The number of hydrogen-bond acceptors (Lipinski definition) is 4. The van der Waals surface area contributed by atoms with Gasteiger partial charge in [-0.2, -0.15) is 0 Å². The van der Waals surface area contributed by atoms with E-state index < -0.39 is 0 Å². The van der Waals surface area contributed by atoms with E-state index >= 15 is 0 Å². The van der Waals surface area contributed by atoms with Crippen molar-refractivity contribution < 1.29 is 8.83 Å². The highest BCUT2D eigenvalue weighted by Gasteiger charge is 2.20. The standard InChI is InChI=1S/C40H23N3O2/c1-2-10-25(11-3-1)40-41-37(39-38(42-40)29-14-6-9-17-33(29)45-39)24-18-20-26(21-19-24)43-30-15-7-4-12-27(30)35-31(43)22-23-34-36(35)28-13-5-8-16-32(28)44-34/h1-23H. The lowest BCUT2D eigenvalue weighted by Crippen LogP contribution is -1.96. The van der Waals surface area contributed by atoms with Crippen LogP contribution in [0, 0.1) is 0 Å². The molecule has 0 N–H and O–H groups in total. The van der Waals surface area contributed by atoms with Crippen molar-refractivity contribution in [3.05, 3.63) is 140 Å². The Kier molecular flexibility index (Phi) is 4.93. The Morgan fingerprint density at radius 2 is 1.13 bits per heavy atom. The van der Waals surface area contributed by atoms with Gasteiger partial charge in [-0.25, -0.2) is 9.97 Å². The average molecular weight is 578 g/mol. The largest absolute Gasteiger partial charge is 0.456 e. The molecule has 0 aliphatic rings. The minimum absolute atomic E-state index is 0.674. The molecule has 0 spiro atoms. The SMILES string of the molecule is c1ccc(-c2nc(-c3ccc(-n4c5ccccc5c5c6c(ccc54)oc4ccccc46)cc3)c3oc4ccccc4c3n2)cc1.